The van der Waals surface area contributed by atoms with E-state index in [1.54, 1.807) is 0 Å². The van der Waals surface area contributed by atoms with Gasteiger partial charge in [0.25, 0.3) is 0 Å². The van der Waals surface area contributed by atoms with E-state index < -0.39 is 0 Å². The van der Waals surface area contributed by atoms with E-state index in [0.717, 1.165) is 37.3 Å². The van der Waals surface area contributed by atoms with Gasteiger partial charge in [-0.05, 0) is 19.4 Å². The van der Waals surface area contributed by atoms with Crippen molar-refractivity contribution in [3.63, 3.8) is 0 Å². The van der Waals surface area contributed by atoms with E-state index in [2.05, 4.69) is 17.1 Å². The average molecular weight is 274 g/mol. The summed E-state index contributed by atoms with van der Waals surface area (Å²) in [4.78, 5) is 14.7. The Bertz CT molecular complexity index is 442. The number of hydrogen-bond donors (Lipinski definition) is 1. The Kier molecular flexibility index (Phi) is 5.74. The van der Waals surface area contributed by atoms with Gasteiger partial charge in [0.05, 0.1) is 0 Å². The fraction of sp³-hybridized carbons (Fsp3) is 0.588. The van der Waals surface area contributed by atoms with Gasteiger partial charge in [0.1, 0.15) is 0 Å². The molecule has 1 fully saturated rings. The SMILES string of the molecule is CCCC1CNCCN1CCC(=O)c1cccc(C)c1. The lowest BCUT2D eigenvalue weighted by atomic mass is 10.0. The second-order valence-electron chi connectivity index (χ2n) is 5.73. The summed E-state index contributed by atoms with van der Waals surface area (Å²) in [6.45, 7) is 8.31. The first kappa shape index (κ1) is 15.2. The van der Waals surface area contributed by atoms with Gasteiger partial charge >= 0.3 is 0 Å². The van der Waals surface area contributed by atoms with Crippen LogP contribution in [0.15, 0.2) is 24.3 Å². The smallest absolute Gasteiger partial charge is 0.164 e. The van der Waals surface area contributed by atoms with E-state index in [4.69, 9.17) is 0 Å². The van der Waals surface area contributed by atoms with Crippen LogP contribution in [0.3, 0.4) is 0 Å². The van der Waals surface area contributed by atoms with Crippen molar-refractivity contribution >= 4 is 5.78 Å². The van der Waals surface area contributed by atoms with Gasteiger partial charge in [-0.1, -0.05) is 37.1 Å². The minimum absolute atomic E-state index is 0.266. The summed E-state index contributed by atoms with van der Waals surface area (Å²) in [7, 11) is 0. The van der Waals surface area contributed by atoms with Crippen LogP contribution in [0.5, 0.6) is 0 Å². The molecule has 1 unspecified atom stereocenters. The molecular weight excluding hydrogens is 248 g/mol. The lowest BCUT2D eigenvalue weighted by Gasteiger charge is -2.36. The van der Waals surface area contributed by atoms with Gasteiger partial charge in [0.15, 0.2) is 5.78 Å². The molecule has 110 valence electrons. The van der Waals surface area contributed by atoms with Crippen LogP contribution in [0, 0.1) is 6.92 Å². The Hall–Kier alpha value is -1.19. The normalized spacial score (nSPS) is 20.0. The minimum atomic E-state index is 0.266. The maximum Gasteiger partial charge on any atom is 0.164 e. The molecule has 1 N–H and O–H groups in total. The molecule has 0 saturated carbocycles. The number of nitrogens with zero attached hydrogens (tertiary/aromatic N) is 1. The molecule has 1 aliphatic rings. The van der Waals surface area contributed by atoms with Crippen molar-refractivity contribution < 1.29 is 4.79 Å². The Morgan fingerprint density at radius 3 is 3.05 bits per heavy atom. The van der Waals surface area contributed by atoms with E-state index in [1.807, 2.05) is 31.2 Å². The van der Waals surface area contributed by atoms with Crippen molar-refractivity contribution in [3.05, 3.63) is 35.4 Å². The molecule has 1 saturated heterocycles. The quantitative estimate of drug-likeness (QED) is 0.809. The predicted octanol–water partition coefficient (Wildman–Crippen LogP) is 2.64. The molecule has 3 heteroatoms. The highest BCUT2D eigenvalue weighted by Gasteiger charge is 2.21. The van der Waals surface area contributed by atoms with Gasteiger partial charge in [-0.15, -0.1) is 0 Å². The van der Waals surface area contributed by atoms with Crippen LogP contribution >= 0.6 is 0 Å². The summed E-state index contributed by atoms with van der Waals surface area (Å²) in [5, 5.41) is 3.45. The van der Waals surface area contributed by atoms with Crippen LogP contribution in [0.1, 0.15) is 42.1 Å². The van der Waals surface area contributed by atoms with Crippen molar-refractivity contribution in [2.75, 3.05) is 26.2 Å². The molecule has 1 aromatic rings. The van der Waals surface area contributed by atoms with Crippen LogP contribution in [-0.4, -0.2) is 42.9 Å². The molecule has 3 nitrogen and oxygen atoms in total. The molecule has 0 aromatic heterocycles. The summed E-state index contributed by atoms with van der Waals surface area (Å²) in [6, 6.07) is 8.51. The third-order valence-electron chi connectivity index (χ3n) is 4.06. The van der Waals surface area contributed by atoms with Gasteiger partial charge in [-0.3, -0.25) is 9.69 Å². The minimum Gasteiger partial charge on any atom is -0.314 e. The van der Waals surface area contributed by atoms with Gasteiger partial charge < -0.3 is 5.32 Å². The molecule has 1 aromatic carbocycles. The highest BCUT2D eigenvalue weighted by molar-refractivity contribution is 5.96. The van der Waals surface area contributed by atoms with Gasteiger partial charge in [-0.2, -0.15) is 0 Å². The average Bonchev–Trinajstić information content (AvgIpc) is 2.46. The number of ketones is 1. The third-order valence-corrected chi connectivity index (χ3v) is 4.06. The largest absolute Gasteiger partial charge is 0.314 e. The maximum absolute atomic E-state index is 12.3. The topological polar surface area (TPSA) is 32.3 Å². The molecule has 2 rings (SSSR count). The Balaban J connectivity index is 1.88. The fourth-order valence-electron chi connectivity index (χ4n) is 2.92. The third kappa shape index (κ3) is 4.15. The number of piperazine rings is 1. The fourth-order valence-corrected chi connectivity index (χ4v) is 2.92. The number of carbonyl (C=O) groups excluding carboxylic acids is 1. The number of nitrogens with one attached hydrogen (secondary N) is 1. The van der Waals surface area contributed by atoms with Crippen LogP contribution in [0.2, 0.25) is 0 Å². The van der Waals surface area contributed by atoms with E-state index >= 15 is 0 Å². The zero-order valence-corrected chi connectivity index (χ0v) is 12.7. The Morgan fingerprint density at radius 2 is 2.30 bits per heavy atom. The van der Waals surface area contributed by atoms with Gasteiger partial charge in [0, 0.05) is 44.2 Å². The molecule has 0 aliphatic carbocycles. The second kappa shape index (κ2) is 7.55. The first-order valence-corrected chi connectivity index (χ1v) is 7.75. The number of rotatable bonds is 6. The summed E-state index contributed by atoms with van der Waals surface area (Å²) in [5.74, 6) is 0.266. The molecule has 0 bridgehead atoms. The standard InChI is InChI=1S/C17H26N2O/c1-3-5-16-13-18-9-11-19(16)10-8-17(20)15-7-4-6-14(2)12-15/h4,6-7,12,16,18H,3,5,8-11,13H2,1-2H3. The molecular formula is C17H26N2O. The molecule has 0 radical (unpaired) electrons. The summed E-state index contributed by atoms with van der Waals surface area (Å²) >= 11 is 0. The highest BCUT2D eigenvalue weighted by atomic mass is 16.1. The zero-order valence-electron chi connectivity index (χ0n) is 12.7. The monoisotopic (exact) mass is 274 g/mol. The lowest BCUT2D eigenvalue weighted by Crippen LogP contribution is -2.51. The van der Waals surface area contributed by atoms with Crippen LogP contribution in [0.4, 0.5) is 0 Å². The van der Waals surface area contributed by atoms with Gasteiger partial charge in [0.2, 0.25) is 0 Å². The maximum atomic E-state index is 12.3. The van der Waals surface area contributed by atoms with E-state index in [0.29, 0.717) is 12.5 Å². The summed E-state index contributed by atoms with van der Waals surface area (Å²) in [6.07, 6.45) is 3.05. The zero-order chi connectivity index (χ0) is 14.4. The van der Waals surface area contributed by atoms with Crippen molar-refractivity contribution in [1.29, 1.82) is 0 Å². The number of hydrogen-bond acceptors (Lipinski definition) is 3. The van der Waals surface area contributed by atoms with E-state index in [-0.39, 0.29) is 5.78 Å². The molecule has 1 heterocycles. The first-order valence-electron chi connectivity index (χ1n) is 7.75. The number of carbonyl (C=O) groups is 1. The molecule has 0 spiro atoms. The van der Waals surface area contributed by atoms with Crippen molar-refractivity contribution in [2.24, 2.45) is 0 Å². The van der Waals surface area contributed by atoms with Crippen LogP contribution in [0.25, 0.3) is 0 Å². The number of Topliss-reactive ketones (excluding diaryl/α,β-unsaturated/α-hetero) is 1. The van der Waals surface area contributed by atoms with Crippen LogP contribution < -0.4 is 5.32 Å². The first-order chi connectivity index (χ1) is 9.70. The Labute approximate surface area is 122 Å². The molecule has 1 atom stereocenters. The second-order valence-corrected chi connectivity index (χ2v) is 5.73. The number of benzene rings is 1. The van der Waals surface area contributed by atoms with Crippen LogP contribution in [-0.2, 0) is 0 Å². The Morgan fingerprint density at radius 1 is 1.45 bits per heavy atom. The number of aryl methyl sites for hydroxylation is 1. The van der Waals surface area contributed by atoms with Gasteiger partial charge in [-0.25, -0.2) is 0 Å². The predicted molar refractivity (Wildman–Crippen MR) is 83.3 cm³/mol. The van der Waals surface area contributed by atoms with E-state index in [9.17, 15) is 4.79 Å². The molecule has 1 aliphatic heterocycles. The van der Waals surface area contributed by atoms with E-state index in [1.165, 1.54) is 12.8 Å². The van der Waals surface area contributed by atoms with Crippen molar-refractivity contribution in [2.45, 2.75) is 39.2 Å². The molecule has 20 heavy (non-hydrogen) atoms. The summed E-state index contributed by atoms with van der Waals surface area (Å²) in [5.41, 5.74) is 2.01. The molecule has 0 amide bonds. The summed E-state index contributed by atoms with van der Waals surface area (Å²) < 4.78 is 0. The van der Waals surface area contributed by atoms with Crippen molar-refractivity contribution in [3.8, 4) is 0 Å². The lowest BCUT2D eigenvalue weighted by molar-refractivity contribution is 0.0930. The highest BCUT2D eigenvalue weighted by Crippen LogP contribution is 2.12. The van der Waals surface area contributed by atoms with Crippen molar-refractivity contribution in [1.82, 2.24) is 10.2 Å².